The Bertz CT molecular complexity index is 1200. The van der Waals surface area contributed by atoms with Crippen molar-refractivity contribution in [3.05, 3.63) is 60.8 Å². The molecule has 382 valence electrons. The van der Waals surface area contributed by atoms with E-state index in [-0.39, 0.29) is 31.1 Å². The van der Waals surface area contributed by atoms with Crippen molar-refractivity contribution in [1.82, 2.24) is 0 Å². The van der Waals surface area contributed by atoms with Crippen molar-refractivity contribution in [2.24, 2.45) is 0 Å². The fourth-order valence-corrected chi connectivity index (χ4v) is 8.02. The summed E-state index contributed by atoms with van der Waals surface area (Å²) in [6.07, 6.45) is 67.8. The van der Waals surface area contributed by atoms with Gasteiger partial charge in [0.1, 0.15) is 13.2 Å². The molecule has 0 aliphatic heterocycles. The van der Waals surface area contributed by atoms with E-state index < -0.39 is 6.10 Å². The van der Waals surface area contributed by atoms with E-state index in [1.807, 2.05) is 0 Å². The highest BCUT2D eigenvalue weighted by Crippen LogP contribution is 2.16. The third-order valence-corrected chi connectivity index (χ3v) is 12.3. The topological polar surface area (TPSA) is 78.9 Å². The monoisotopic (exact) mass is 923 g/mol. The van der Waals surface area contributed by atoms with E-state index in [9.17, 15) is 14.4 Å². The third kappa shape index (κ3) is 52.1. The average Bonchev–Trinajstić information content (AvgIpc) is 3.31. The molecule has 0 fully saturated rings. The summed E-state index contributed by atoms with van der Waals surface area (Å²) < 4.78 is 16.8. The molecule has 0 amide bonds. The first-order valence-electron chi connectivity index (χ1n) is 28.3. The summed E-state index contributed by atoms with van der Waals surface area (Å²) in [6, 6.07) is 0. The largest absolute Gasteiger partial charge is 0.462 e. The molecule has 0 radical (unpaired) electrons. The minimum Gasteiger partial charge on any atom is -0.462 e. The van der Waals surface area contributed by atoms with Gasteiger partial charge in [-0.05, 0) is 83.5 Å². The van der Waals surface area contributed by atoms with Gasteiger partial charge < -0.3 is 14.2 Å². The Kier molecular flexibility index (Phi) is 52.3. The number of esters is 3. The molecule has 0 bridgehead atoms. The Hall–Kier alpha value is -2.89. The number of carbonyl (C=O) groups is 3. The van der Waals surface area contributed by atoms with Crippen molar-refractivity contribution in [3.8, 4) is 0 Å². The second-order valence-electron chi connectivity index (χ2n) is 18.8. The number of ether oxygens (including phenoxy) is 3. The molecule has 6 nitrogen and oxygen atoms in total. The number of hydrogen-bond acceptors (Lipinski definition) is 6. The van der Waals surface area contributed by atoms with Crippen LogP contribution in [0.15, 0.2) is 60.8 Å². The maximum Gasteiger partial charge on any atom is 0.306 e. The van der Waals surface area contributed by atoms with Crippen LogP contribution < -0.4 is 0 Å². The van der Waals surface area contributed by atoms with Gasteiger partial charge in [-0.15, -0.1) is 0 Å². The van der Waals surface area contributed by atoms with Gasteiger partial charge in [-0.1, -0.05) is 242 Å². The van der Waals surface area contributed by atoms with E-state index in [0.29, 0.717) is 19.3 Å². The molecule has 6 heteroatoms. The first kappa shape index (κ1) is 63.1. The molecule has 0 aliphatic rings. The first-order chi connectivity index (χ1) is 32.5. The molecule has 0 heterocycles. The van der Waals surface area contributed by atoms with E-state index in [2.05, 4.69) is 81.5 Å². The van der Waals surface area contributed by atoms with E-state index in [1.165, 1.54) is 135 Å². The van der Waals surface area contributed by atoms with E-state index >= 15 is 0 Å². The number of carbonyl (C=O) groups excluding carboxylic acids is 3. The van der Waals surface area contributed by atoms with Gasteiger partial charge in [0, 0.05) is 19.3 Å². The van der Waals surface area contributed by atoms with Crippen molar-refractivity contribution in [1.29, 1.82) is 0 Å². The lowest BCUT2D eigenvalue weighted by atomic mass is 10.0. The van der Waals surface area contributed by atoms with Crippen LogP contribution in [0.5, 0.6) is 0 Å². The maximum absolute atomic E-state index is 12.8. The molecule has 0 aromatic heterocycles. The second-order valence-corrected chi connectivity index (χ2v) is 18.8. The van der Waals surface area contributed by atoms with Gasteiger partial charge in [-0.3, -0.25) is 14.4 Å². The predicted octanol–water partition coefficient (Wildman–Crippen LogP) is 18.8. The van der Waals surface area contributed by atoms with Crippen LogP contribution in [-0.4, -0.2) is 37.2 Å². The highest BCUT2D eigenvalue weighted by molar-refractivity contribution is 5.71. The van der Waals surface area contributed by atoms with Gasteiger partial charge in [0.05, 0.1) is 0 Å². The third-order valence-electron chi connectivity index (χ3n) is 12.3. The van der Waals surface area contributed by atoms with Gasteiger partial charge in [0.25, 0.3) is 0 Å². The molecule has 0 saturated carbocycles. The zero-order valence-electron chi connectivity index (χ0n) is 43.7. The van der Waals surface area contributed by atoms with Gasteiger partial charge >= 0.3 is 17.9 Å². The Morgan fingerprint density at radius 2 is 0.591 bits per heavy atom. The second kappa shape index (κ2) is 54.7. The van der Waals surface area contributed by atoms with Crippen molar-refractivity contribution in [2.45, 2.75) is 290 Å². The summed E-state index contributed by atoms with van der Waals surface area (Å²) >= 11 is 0. The molecule has 0 spiro atoms. The van der Waals surface area contributed by atoms with Gasteiger partial charge in [0.2, 0.25) is 0 Å². The van der Waals surface area contributed by atoms with E-state index in [4.69, 9.17) is 14.2 Å². The Balaban J connectivity index is 4.37. The Morgan fingerprint density at radius 1 is 0.318 bits per heavy atom. The molecular weight excluding hydrogens is 817 g/mol. The van der Waals surface area contributed by atoms with Crippen molar-refractivity contribution in [3.63, 3.8) is 0 Å². The van der Waals surface area contributed by atoms with E-state index in [0.717, 1.165) is 109 Å². The van der Waals surface area contributed by atoms with Gasteiger partial charge in [-0.25, -0.2) is 0 Å². The lowest BCUT2D eigenvalue weighted by Crippen LogP contribution is -2.30. The number of unbranched alkanes of at least 4 members (excludes halogenated alkanes) is 30. The number of allylic oxidation sites excluding steroid dienone is 10. The number of rotatable bonds is 51. The first-order valence-corrected chi connectivity index (χ1v) is 28.3. The summed E-state index contributed by atoms with van der Waals surface area (Å²) in [5, 5.41) is 0. The molecule has 1 unspecified atom stereocenters. The number of hydrogen-bond donors (Lipinski definition) is 0. The van der Waals surface area contributed by atoms with Gasteiger partial charge in [0.15, 0.2) is 6.10 Å². The normalized spacial score (nSPS) is 12.5. The molecular formula is C60H106O6. The van der Waals surface area contributed by atoms with Crippen molar-refractivity contribution in [2.75, 3.05) is 13.2 Å². The summed E-state index contributed by atoms with van der Waals surface area (Å²) in [5.41, 5.74) is 0. The molecule has 0 aromatic carbocycles. The van der Waals surface area contributed by atoms with Crippen LogP contribution in [-0.2, 0) is 28.6 Å². The fraction of sp³-hybridized carbons (Fsp3) is 0.783. The van der Waals surface area contributed by atoms with Crippen molar-refractivity contribution < 1.29 is 28.6 Å². The zero-order valence-corrected chi connectivity index (χ0v) is 43.7. The molecule has 0 aromatic rings. The summed E-state index contributed by atoms with van der Waals surface area (Å²) in [4.78, 5) is 38.1. The summed E-state index contributed by atoms with van der Waals surface area (Å²) in [6.45, 7) is 6.50. The Morgan fingerprint density at radius 3 is 0.955 bits per heavy atom. The van der Waals surface area contributed by atoms with Crippen LogP contribution in [0.3, 0.4) is 0 Å². The van der Waals surface area contributed by atoms with Gasteiger partial charge in [-0.2, -0.15) is 0 Å². The van der Waals surface area contributed by atoms with Crippen LogP contribution in [0.1, 0.15) is 284 Å². The average molecular weight is 924 g/mol. The summed E-state index contributed by atoms with van der Waals surface area (Å²) in [5.74, 6) is -0.921. The highest BCUT2D eigenvalue weighted by atomic mass is 16.6. The van der Waals surface area contributed by atoms with Crippen LogP contribution in [0, 0.1) is 0 Å². The van der Waals surface area contributed by atoms with Crippen LogP contribution >= 0.6 is 0 Å². The molecule has 1 atom stereocenters. The minimum atomic E-state index is -0.792. The van der Waals surface area contributed by atoms with Crippen molar-refractivity contribution >= 4 is 17.9 Å². The van der Waals surface area contributed by atoms with E-state index in [1.54, 1.807) is 0 Å². The predicted molar refractivity (Wildman–Crippen MR) is 284 cm³/mol. The molecule has 0 saturated heterocycles. The lowest BCUT2D eigenvalue weighted by Gasteiger charge is -2.18. The summed E-state index contributed by atoms with van der Waals surface area (Å²) in [7, 11) is 0. The zero-order chi connectivity index (χ0) is 47.9. The molecule has 66 heavy (non-hydrogen) atoms. The smallest absolute Gasteiger partial charge is 0.306 e. The molecule has 0 rings (SSSR count). The van der Waals surface area contributed by atoms with Crippen LogP contribution in [0.2, 0.25) is 0 Å². The quantitative estimate of drug-likeness (QED) is 0.0262. The maximum atomic E-state index is 12.8. The Labute approximate surface area is 409 Å². The van der Waals surface area contributed by atoms with Crippen LogP contribution in [0.4, 0.5) is 0 Å². The lowest BCUT2D eigenvalue weighted by molar-refractivity contribution is -0.167. The highest BCUT2D eigenvalue weighted by Gasteiger charge is 2.19. The minimum absolute atomic E-state index is 0.0871. The fourth-order valence-electron chi connectivity index (χ4n) is 8.02. The molecule has 0 N–H and O–H groups in total. The molecule has 0 aliphatic carbocycles. The SMILES string of the molecule is CC/C=C\C/C=C\C/C=C\CCCCCC(=O)OCC(COC(=O)CCCCCCCCCCCCCCCCCCCCC)OC(=O)CCCCCCC/C=C\C/C=C\CCCCCC. The standard InChI is InChI=1S/C60H106O6/c1-4-7-10-13-16-19-22-25-27-29-30-31-33-35-38-41-44-47-50-53-59(62)65-56-57(55-64-58(61)52-49-46-43-40-37-34-24-21-18-15-12-9-6-3)66-60(63)54-51-48-45-42-39-36-32-28-26-23-20-17-14-11-8-5-2/h9,12,18,20-21,23,28,32,34,37,57H,4-8,10-11,13-17,19,22,24-27,29-31,33,35-36,38-56H2,1-3H3/b12-9-,21-18-,23-20-,32-28-,37-34-. The van der Waals surface area contributed by atoms with Crippen LogP contribution in [0.25, 0.3) is 0 Å².